The first kappa shape index (κ1) is 54.0. The van der Waals surface area contributed by atoms with E-state index in [2.05, 4.69) is 276 Å². The maximum absolute atomic E-state index is 5.79. The quantitative estimate of drug-likeness (QED) is 0.0777. The van der Waals surface area contributed by atoms with Gasteiger partial charge in [0, 0.05) is 16.7 Å². The lowest BCUT2D eigenvalue weighted by Gasteiger charge is -2.30. The maximum Gasteiger partial charge on any atom is 0.0784 e. The van der Waals surface area contributed by atoms with Crippen LogP contribution in [0, 0.1) is 6.92 Å². The van der Waals surface area contributed by atoms with Crippen LogP contribution in [-0.4, -0.2) is 5.71 Å². The normalized spacial score (nSPS) is 12.7. The second-order valence-electron chi connectivity index (χ2n) is 18.4. The standard InChI is InChI=1S/C60H49N.C4H10.C3H8.C2H6.C2H4/c1-6-8-34-55(61-59(45-27-13-12-22-40(45)5)44-26-20-25-42(37-44)41-23-10-9-11-24-41)50-38-43-35-36-54-58(57(43)49(21-7-2)56(50)39(3)4)48-30-16-19-33-53(48)60(54)51-31-17-14-28-46(51)47-29-15-18-32-52(47)60;1-3-4-2;1-3-2;2*1-2/h6-39H,1-5H3;3-4H2,1-2H3;3H2,1-2H3;1-2H3;1-2H2/b8-6-,21-7-,55-34+,61-59?;;;;. The third-order valence-electron chi connectivity index (χ3n) is 13.4. The van der Waals surface area contributed by atoms with E-state index in [0.29, 0.717) is 0 Å². The fourth-order valence-corrected chi connectivity index (χ4v) is 10.4. The monoisotopic (exact) mass is 944 g/mol. The molecule has 10 rings (SSSR count). The first-order valence-corrected chi connectivity index (χ1v) is 26.5. The largest absolute Gasteiger partial charge is 0.247 e. The molecule has 8 aromatic rings. The van der Waals surface area contributed by atoms with E-state index in [9.17, 15) is 0 Å². The average Bonchev–Trinajstić information content (AvgIpc) is 3.90. The molecule has 0 N–H and O–H groups in total. The first-order chi connectivity index (χ1) is 35.3. The van der Waals surface area contributed by atoms with Crippen molar-refractivity contribution in [3.8, 4) is 33.4 Å². The molecule has 72 heavy (non-hydrogen) atoms. The number of allylic oxidation sites excluding steroid dienone is 4. The zero-order chi connectivity index (χ0) is 51.8. The van der Waals surface area contributed by atoms with Gasteiger partial charge in [-0.3, -0.25) is 0 Å². The Kier molecular flexibility index (Phi) is 19.3. The van der Waals surface area contributed by atoms with Crippen molar-refractivity contribution in [2.45, 2.75) is 107 Å². The van der Waals surface area contributed by atoms with Crippen molar-refractivity contribution in [2.24, 2.45) is 4.99 Å². The Morgan fingerprint density at radius 1 is 0.569 bits per heavy atom. The van der Waals surface area contributed by atoms with Crippen molar-refractivity contribution < 1.29 is 0 Å². The van der Waals surface area contributed by atoms with Crippen molar-refractivity contribution in [2.75, 3.05) is 0 Å². The molecule has 0 amide bonds. The average molecular weight is 944 g/mol. The third-order valence-corrected chi connectivity index (χ3v) is 13.4. The van der Waals surface area contributed by atoms with Gasteiger partial charge in [-0.1, -0.05) is 257 Å². The van der Waals surface area contributed by atoms with Crippen LogP contribution in [0.2, 0.25) is 0 Å². The van der Waals surface area contributed by atoms with Crippen molar-refractivity contribution in [3.05, 3.63) is 263 Å². The molecule has 1 nitrogen and oxygen atoms in total. The van der Waals surface area contributed by atoms with Crippen LogP contribution < -0.4 is 0 Å². The van der Waals surface area contributed by atoms with E-state index in [4.69, 9.17) is 4.99 Å². The third kappa shape index (κ3) is 10.4. The van der Waals surface area contributed by atoms with Gasteiger partial charge in [0.1, 0.15) is 0 Å². The van der Waals surface area contributed by atoms with Gasteiger partial charge in [-0.2, -0.15) is 0 Å². The van der Waals surface area contributed by atoms with E-state index in [-0.39, 0.29) is 5.92 Å². The molecule has 366 valence electrons. The van der Waals surface area contributed by atoms with E-state index < -0.39 is 5.41 Å². The molecule has 0 saturated heterocycles. The molecule has 0 aromatic heterocycles. The number of benzene rings is 8. The zero-order valence-electron chi connectivity index (χ0n) is 45.1. The summed E-state index contributed by atoms with van der Waals surface area (Å²) in [5.41, 5.74) is 21.7. The van der Waals surface area contributed by atoms with Crippen LogP contribution in [0.4, 0.5) is 0 Å². The molecule has 2 aliphatic carbocycles. The molecule has 2 aliphatic rings. The number of aliphatic imine (C=N–C) groups is 1. The van der Waals surface area contributed by atoms with E-state index in [1.807, 2.05) is 13.8 Å². The Bertz CT molecular complexity index is 3160. The molecular formula is C71H77N. The van der Waals surface area contributed by atoms with E-state index in [1.54, 1.807) is 0 Å². The fraction of sp³-hybridized carbons (Fsp3) is 0.225. The number of hydrogen-bond acceptors (Lipinski definition) is 1. The highest BCUT2D eigenvalue weighted by atomic mass is 14.8. The zero-order valence-corrected chi connectivity index (χ0v) is 45.1. The fourth-order valence-electron chi connectivity index (χ4n) is 10.4. The summed E-state index contributed by atoms with van der Waals surface area (Å²) in [4.78, 5) is 5.79. The lowest BCUT2D eigenvalue weighted by atomic mass is 9.70. The summed E-state index contributed by atoms with van der Waals surface area (Å²) in [6, 6.07) is 62.6. The maximum atomic E-state index is 5.79. The van der Waals surface area contributed by atoms with Crippen LogP contribution in [0.15, 0.2) is 212 Å². The van der Waals surface area contributed by atoms with Gasteiger partial charge in [-0.25, -0.2) is 4.99 Å². The molecule has 0 heterocycles. The van der Waals surface area contributed by atoms with Gasteiger partial charge in [-0.05, 0) is 128 Å². The predicted octanol–water partition coefficient (Wildman–Crippen LogP) is 20.8. The molecule has 1 heteroatoms. The molecule has 0 aliphatic heterocycles. The Morgan fingerprint density at radius 3 is 1.68 bits per heavy atom. The Labute approximate surface area is 434 Å². The second kappa shape index (κ2) is 25.7. The minimum atomic E-state index is -0.408. The van der Waals surface area contributed by atoms with E-state index in [1.165, 1.54) is 102 Å². The Balaban J connectivity index is 0.000000711. The van der Waals surface area contributed by atoms with E-state index >= 15 is 0 Å². The van der Waals surface area contributed by atoms with Crippen molar-refractivity contribution in [3.63, 3.8) is 0 Å². The molecular weight excluding hydrogens is 867 g/mol. The number of nitrogens with zero attached hydrogens (tertiary/aromatic N) is 1. The second-order valence-corrected chi connectivity index (χ2v) is 18.4. The lowest BCUT2D eigenvalue weighted by Crippen LogP contribution is -2.25. The molecule has 0 radical (unpaired) electrons. The van der Waals surface area contributed by atoms with Gasteiger partial charge >= 0.3 is 0 Å². The summed E-state index contributed by atoms with van der Waals surface area (Å²) in [6.45, 7) is 29.7. The lowest BCUT2D eigenvalue weighted by molar-refractivity contribution is 0.794. The first-order valence-electron chi connectivity index (χ1n) is 26.5. The topological polar surface area (TPSA) is 12.4 Å². The summed E-state index contributed by atoms with van der Waals surface area (Å²) in [5.74, 6) is 0.201. The summed E-state index contributed by atoms with van der Waals surface area (Å²) in [5, 5.41) is 2.51. The number of rotatable bonds is 9. The molecule has 8 aromatic carbocycles. The van der Waals surface area contributed by atoms with Gasteiger partial charge in [-0.15, -0.1) is 13.2 Å². The van der Waals surface area contributed by atoms with Gasteiger partial charge < -0.3 is 0 Å². The van der Waals surface area contributed by atoms with Gasteiger partial charge in [0.2, 0.25) is 0 Å². The number of unbranched alkanes of at least 4 members (excludes halogenated alkanes) is 1. The summed E-state index contributed by atoms with van der Waals surface area (Å²) >= 11 is 0. The van der Waals surface area contributed by atoms with Crippen molar-refractivity contribution >= 4 is 28.3 Å². The number of aryl methyl sites for hydroxylation is 1. The number of hydrogen-bond donors (Lipinski definition) is 0. The van der Waals surface area contributed by atoms with Crippen LogP contribution in [-0.2, 0) is 5.41 Å². The minimum Gasteiger partial charge on any atom is -0.247 e. The SMILES string of the molecule is C/C=C\C=C(\N=C(c1cccc(-c2ccccc2)c1)c1ccccc1C)c1cc2ccc3c(c2c(/C=C\C)c1C(C)C)-c1ccccc1C31c2ccccc2-c2ccccc21.C=C.CC.CCC.CCCC. The summed E-state index contributed by atoms with van der Waals surface area (Å²) in [6.07, 6.45) is 14.9. The summed E-state index contributed by atoms with van der Waals surface area (Å²) < 4.78 is 0. The Morgan fingerprint density at radius 2 is 1.11 bits per heavy atom. The van der Waals surface area contributed by atoms with Crippen molar-refractivity contribution in [1.82, 2.24) is 0 Å². The molecule has 0 unspecified atom stereocenters. The van der Waals surface area contributed by atoms with Crippen LogP contribution >= 0.6 is 0 Å². The highest BCUT2D eigenvalue weighted by Gasteiger charge is 2.52. The van der Waals surface area contributed by atoms with Crippen LogP contribution in [0.5, 0.6) is 0 Å². The molecule has 0 saturated carbocycles. The van der Waals surface area contributed by atoms with Gasteiger partial charge in [0.05, 0.1) is 16.8 Å². The molecule has 0 bridgehead atoms. The van der Waals surface area contributed by atoms with Gasteiger partial charge in [0.25, 0.3) is 0 Å². The van der Waals surface area contributed by atoms with E-state index in [0.717, 1.165) is 28.1 Å². The number of fused-ring (bicyclic) bond motifs is 12. The minimum absolute atomic E-state index is 0.201. The highest BCUT2D eigenvalue weighted by molar-refractivity contribution is 6.17. The van der Waals surface area contributed by atoms with Crippen molar-refractivity contribution in [1.29, 1.82) is 0 Å². The van der Waals surface area contributed by atoms with Gasteiger partial charge in [0.15, 0.2) is 0 Å². The molecule has 0 fully saturated rings. The van der Waals surface area contributed by atoms with Crippen LogP contribution in [0.1, 0.15) is 150 Å². The molecule has 0 atom stereocenters. The Hall–Kier alpha value is -7.35. The predicted molar refractivity (Wildman–Crippen MR) is 320 cm³/mol. The molecule has 1 spiro atoms. The highest BCUT2D eigenvalue weighted by Crippen LogP contribution is 2.64. The van der Waals surface area contributed by atoms with Crippen LogP contribution in [0.3, 0.4) is 0 Å². The smallest absolute Gasteiger partial charge is 0.0784 e. The summed E-state index contributed by atoms with van der Waals surface area (Å²) in [7, 11) is 0. The van der Waals surface area contributed by atoms with Crippen LogP contribution in [0.25, 0.3) is 55.9 Å².